The van der Waals surface area contributed by atoms with Crippen molar-refractivity contribution in [3.8, 4) is 0 Å². The molecule has 0 saturated heterocycles. The number of nitrogens with zero attached hydrogens (tertiary/aromatic N) is 2. The Balaban J connectivity index is 1.74. The molecule has 146 valence electrons. The van der Waals surface area contributed by atoms with Crippen LogP contribution in [0.2, 0.25) is 5.02 Å². The van der Waals surface area contributed by atoms with E-state index in [-0.39, 0.29) is 11.8 Å². The maximum absolute atomic E-state index is 12.7. The van der Waals surface area contributed by atoms with Crippen LogP contribution in [0.4, 0.5) is 11.4 Å². The van der Waals surface area contributed by atoms with Crippen LogP contribution in [-0.4, -0.2) is 21.8 Å². The van der Waals surface area contributed by atoms with Crippen molar-refractivity contribution in [2.45, 2.75) is 13.8 Å². The summed E-state index contributed by atoms with van der Waals surface area (Å²) in [5.74, 6) is -0.634. The average Bonchev–Trinajstić information content (AvgIpc) is 2.71. The smallest absolute Gasteiger partial charge is 0.255 e. The molecule has 2 aromatic carbocycles. The summed E-state index contributed by atoms with van der Waals surface area (Å²) in [7, 11) is 0. The van der Waals surface area contributed by atoms with E-state index in [1.54, 1.807) is 42.7 Å². The highest BCUT2D eigenvalue weighted by atomic mass is 35.5. The number of hydrogen-bond acceptors (Lipinski definition) is 4. The Morgan fingerprint density at radius 3 is 2.48 bits per heavy atom. The summed E-state index contributed by atoms with van der Waals surface area (Å²) in [4.78, 5) is 32.7. The minimum absolute atomic E-state index is 0.311. The van der Waals surface area contributed by atoms with Gasteiger partial charge in [-0.15, -0.1) is 0 Å². The van der Waals surface area contributed by atoms with Crippen molar-refractivity contribution in [1.29, 1.82) is 0 Å². The number of amides is 2. The molecule has 0 aliphatic carbocycles. The summed E-state index contributed by atoms with van der Waals surface area (Å²) in [6.07, 6.45) is 7.62. The van der Waals surface area contributed by atoms with Crippen LogP contribution in [0.3, 0.4) is 0 Å². The first-order valence-corrected chi connectivity index (χ1v) is 9.23. The minimum Gasteiger partial charge on any atom is -0.322 e. The van der Waals surface area contributed by atoms with Crippen LogP contribution in [-0.2, 0) is 4.79 Å². The molecule has 0 saturated carbocycles. The van der Waals surface area contributed by atoms with E-state index in [4.69, 9.17) is 11.6 Å². The highest BCUT2D eigenvalue weighted by Gasteiger charge is 2.12. The van der Waals surface area contributed by atoms with Gasteiger partial charge in [-0.3, -0.25) is 9.59 Å². The van der Waals surface area contributed by atoms with Gasteiger partial charge in [0.25, 0.3) is 5.91 Å². The predicted octanol–water partition coefficient (Wildman–Crippen LogP) is 4.65. The van der Waals surface area contributed by atoms with E-state index in [1.165, 1.54) is 12.4 Å². The second kappa shape index (κ2) is 9.12. The zero-order valence-corrected chi connectivity index (χ0v) is 16.7. The maximum atomic E-state index is 12.7. The van der Waals surface area contributed by atoms with Gasteiger partial charge in [0.05, 0.1) is 10.7 Å². The Morgan fingerprint density at radius 2 is 1.76 bits per heavy atom. The molecule has 3 aromatic rings. The summed E-state index contributed by atoms with van der Waals surface area (Å²) in [5.41, 5.74) is 3.93. The molecule has 29 heavy (non-hydrogen) atoms. The summed E-state index contributed by atoms with van der Waals surface area (Å²) in [6, 6.07) is 10.5. The van der Waals surface area contributed by atoms with E-state index in [2.05, 4.69) is 20.6 Å². The number of benzene rings is 2. The number of aryl methyl sites for hydroxylation is 2. The molecule has 0 unspecified atom stereocenters. The van der Waals surface area contributed by atoms with E-state index < -0.39 is 0 Å². The fraction of sp³-hybridized carbons (Fsp3) is 0.0909. The molecule has 0 radical (unpaired) electrons. The lowest BCUT2D eigenvalue weighted by molar-refractivity contribution is -0.111. The van der Waals surface area contributed by atoms with Gasteiger partial charge >= 0.3 is 0 Å². The van der Waals surface area contributed by atoms with Crippen LogP contribution in [0, 0.1) is 13.8 Å². The number of para-hydroxylation sites is 1. The van der Waals surface area contributed by atoms with Gasteiger partial charge in [0.2, 0.25) is 5.91 Å². The molecule has 0 fully saturated rings. The fourth-order valence-corrected chi connectivity index (χ4v) is 2.89. The van der Waals surface area contributed by atoms with E-state index in [0.717, 1.165) is 11.1 Å². The summed E-state index contributed by atoms with van der Waals surface area (Å²) in [5, 5.41) is 6.09. The molecule has 1 heterocycles. The summed E-state index contributed by atoms with van der Waals surface area (Å²) in [6.45, 7) is 3.72. The van der Waals surface area contributed by atoms with Gasteiger partial charge in [-0.05, 0) is 49.2 Å². The van der Waals surface area contributed by atoms with Gasteiger partial charge in [0.1, 0.15) is 6.33 Å². The lowest BCUT2D eigenvalue weighted by atomic mass is 10.1. The van der Waals surface area contributed by atoms with Gasteiger partial charge in [-0.1, -0.05) is 29.8 Å². The molecule has 2 N–H and O–H groups in total. The number of carbonyl (C=O) groups is 2. The van der Waals surface area contributed by atoms with Crippen LogP contribution in [0.5, 0.6) is 0 Å². The number of rotatable bonds is 5. The van der Waals surface area contributed by atoms with Gasteiger partial charge < -0.3 is 10.6 Å². The molecular formula is C22H19ClN4O2. The molecule has 1 aromatic heterocycles. The van der Waals surface area contributed by atoms with Gasteiger partial charge in [-0.2, -0.15) is 0 Å². The van der Waals surface area contributed by atoms with Gasteiger partial charge in [0.15, 0.2) is 0 Å². The lowest BCUT2D eigenvalue weighted by Gasteiger charge is -2.12. The van der Waals surface area contributed by atoms with E-state index in [9.17, 15) is 9.59 Å². The Bertz CT molecular complexity index is 1060. The standard InChI is InChI=1S/C22H19ClN4O2/c1-14-6-8-17(22(29)27-21-15(2)4-3-5-18(21)23)10-19(14)26-20(28)9-7-16-11-24-13-25-12-16/h3-13H,1-2H3,(H,26,28)(H,27,29)/b9-7+. The number of hydrogen-bond donors (Lipinski definition) is 2. The molecule has 7 heteroatoms. The van der Waals surface area contributed by atoms with Crippen molar-refractivity contribution < 1.29 is 9.59 Å². The van der Waals surface area contributed by atoms with E-state index in [0.29, 0.717) is 27.5 Å². The fourth-order valence-electron chi connectivity index (χ4n) is 2.62. The lowest BCUT2D eigenvalue weighted by Crippen LogP contribution is -2.15. The van der Waals surface area contributed by atoms with Crippen LogP contribution < -0.4 is 10.6 Å². The van der Waals surface area contributed by atoms with Gasteiger partial charge in [-0.25, -0.2) is 9.97 Å². The van der Waals surface area contributed by atoms with Crippen LogP contribution in [0.1, 0.15) is 27.0 Å². The van der Waals surface area contributed by atoms with Crippen LogP contribution in [0.15, 0.2) is 61.2 Å². The maximum Gasteiger partial charge on any atom is 0.255 e. The zero-order chi connectivity index (χ0) is 20.8. The first-order valence-electron chi connectivity index (χ1n) is 8.85. The number of carbonyl (C=O) groups excluding carboxylic acids is 2. The average molecular weight is 407 g/mol. The topological polar surface area (TPSA) is 84.0 Å². The molecular weight excluding hydrogens is 388 g/mol. The number of nitrogens with one attached hydrogen (secondary N) is 2. The van der Waals surface area contributed by atoms with Crippen molar-refractivity contribution in [2.24, 2.45) is 0 Å². The van der Waals surface area contributed by atoms with Crippen LogP contribution >= 0.6 is 11.6 Å². The minimum atomic E-state index is -0.323. The largest absolute Gasteiger partial charge is 0.322 e. The quantitative estimate of drug-likeness (QED) is 0.604. The molecule has 6 nitrogen and oxygen atoms in total. The molecule has 0 aliphatic rings. The highest BCUT2D eigenvalue weighted by Crippen LogP contribution is 2.26. The third-order valence-electron chi connectivity index (χ3n) is 4.23. The van der Waals surface area contributed by atoms with Crippen molar-refractivity contribution in [1.82, 2.24) is 9.97 Å². The van der Waals surface area contributed by atoms with E-state index >= 15 is 0 Å². The molecule has 3 rings (SSSR count). The van der Waals surface area contributed by atoms with Crippen molar-refractivity contribution in [3.05, 3.63) is 88.5 Å². The highest BCUT2D eigenvalue weighted by molar-refractivity contribution is 6.34. The first kappa shape index (κ1) is 20.2. The van der Waals surface area contributed by atoms with Crippen molar-refractivity contribution >= 4 is 40.9 Å². The van der Waals surface area contributed by atoms with Gasteiger partial charge in [0, 0.05) is 35.3 Å². The monoisotopic (exact) mass is 406 g/mol. The Morgan fingerprint density at radius 1 is 1.00 bits per heavy atom. The molecule has 0 aliphatic heterocycles. The number of halogens is 1. The Kier molecular flexibility index (Phi) is 6.36. The predicted molar refractivity (Wildman–Crippen MR) is 115 cm³/mol. The second-order valence-corrected chi connectivity index (χ2v) is 6.82. The Labute approximate surface area is 173 Å². The number of anilines is 2. The summed E-state index contributed by atoms with van der Waals surface area (Å²) < 4.78 is 0. The third kappa shape index (κ3) is 5.27. The van der Waals surface area contributed by atoms with Crippen LogP contribution in [0.25, 0.3) is 6.08 Å². The van der Waals surface area contributed by atoms with E-state index in [1.807, 2.05) is 26.0 Å². The second-order valence-electron chi connectivity index (χ2n) is 6.41. The first-order chi connectivity index (χ1) is 13.9. The Hall–Kier alpha value is -3.51. The summed E-state index contributed by atoms with van der Waals surface area (Å²) >= 11 is 6.18. The number of aromatic nitrogens is 2. The molecule has 0 atom stereocenters. The van der Waals surface area contributed by atoms with Crippen molar-refractivity contribution in [2.75, 3.05) is 10.6 Å². The molecule has 0 spiro atoms. The normalized spacial score (nSPS) is 10.7. The van der Waals surface area contributed by atoms with Crippen molar-refractivity contribution in [3.63, 3.8) is 0 Å². The molecule has 0 bridgehead atoms. The third-order valence-corrected chi connectivity index (χ3v) is 4.54. The SMILES string of the molecule is Cc1ccc(C(=O)Nc2c(C)cccc2Cl)cc1NC(=O)/C=C/c1cncnc1. The zero-order valence-electron chi connectivity index (χ0n) is 15.9. The molecule has 2 amide bonds.